The Morgan fingerprint density at radius 1 is 1.29 bits per heavy atom. The van der Waals surface area contributed by atoms with Gasteiger partial charge < -0.3 is 5.73 Å². The molecule has 3 heteroatoms. The number of halogens is 1. The highest BCUT2D eigenvalue weighted by Crippen LogP contribution is 2.24. The Balaban J connectivity index is 2.16. The molecule has 1 fully saturated rings. The summed E-state index contributed by atoms with van der Waals surface area (Å²) in [5.41, 5.74) is 7.31. The summed E-state index contributed by atoms with van der Waals surface area (Å²) in [6.45, 7) is 4.36. The van der Waals surface area contributed by atoms with Gasteiger partial charge in [0.1, 0.15) is 5.82 Å². The molecule has 21 heavy (non-hydrogen) atoms. The zero-order chi connectivity index (χ0) is 15.1. The normalized spacial score (nSPS) is 15.8. The molecule has 1 saturated carbocycles. The lowest BCUT2D eigenvalue weighted by molar-refractivity contribution is 0.156. The molecule has 1 aromatic rings. The first-order valence-electron chi connectivity index (χ1n) is 7.96. The molecule has 0 amide bonds. The van der Waals surface area contributed by atoms with Crippen molar-refractivity contribution in [3.8, 4) is 11.8 Å². The van der Waals surface area contributed by atoms with Crippen LogP contribution in [-0.2, 0) is 6.54 Å². The van der Waals surface area contributed by atoms with Crippen molar-refractivity contribution in [1.29, 1.82) is 0 Å². The highest BCUT2D eigenvalue weighted by Gasteiger charge is 2.20. The molecule has 0 atom stereocenters. The lowest BCUT2D eigenvalue weighted by Crippen LogP contribution is -2.36. The average Bonchev–Trinajstić information content (AvgIpc) is 2.53. The lowest BCUT2D eigenvalue weighted by Gasteiger charge is -2.33. The third-order valence-corrected chi connectivity index (χ3v) is 4.27. The second-order valence-corrected chi connectivity index (χ2v) is 5.66. The number of rotatable bonds is 4. The topological polar surface area (TPSA) is 29.3 Å². The van der Waals surface area contributed by atoms with Crippen LogP contribution in [0.2, 0.25) is 0 Å². The summed E-state index contributed by atoms with van der Waals surface area (Å²) >= 11 is 0. The van der Waals surface area contributed by atoms with Gasteiger partial charge >= 0.3 is 0 Å². The van der Waals surface area contributed by atoms with E-state index in [4.69, 9.17) is 5.73 Å². The van der Waals surface area contributed by atoms with E-state index in [9.17, 15) is 4.39 Å². The Bertz CT molecular complexity index is 510. The number of nitrogens with zero attached hydrogens (tertiary/aromatic N) is 1. The van der Waals surface area contributed by atoms with Crippen molar-refractivity contribution < 1.29 is 4.39 Å². The van der Waals surface area contributed by atoms with Crippen LogP contribution in [0.1, 0.15) is 50.2 Å². The number of nitrogens with two attached hydrogens (primary N) is 1. The first kappa shape index (κ1) is 16.0. The summed E-state index contributed by atoms with van der Waals surface area (Å²) in [5, 5.41) is 0. The molecule has 0 heterocycles. The smallest absolute Gasteiger partial charge is 0.124 e. The molecule has 0 unspecified atom stereocenters. The van der Waals surface area contributed by atoms with Crippen molar-refractivity contribution in [2.45, 2.75) is 51.6 Å². The van der Waals surface area contributed by atoms with E-state index in [0.29, 0.717) is 12.6 Å². The van der Waals surface area contributed by atoms with Gasteiger partial charge in [-0.3, -0.25) is 4.90 Å². The van der Waals surface area contributed by atoms with Crippen LogP contribution >= 0.6 is 0 Å². The van der Waals surface area contributed by atoms with E-state index >= 15 is 0 Å². The van der Waals surface area contributed by atoms with Gasteiger partial charge in [-0.1, -0.05) is 44.1 Å². The molecule has 2 rings (SSSR count). The van der Waals surface area contributed by atoms with Gasteiger partial charge in [-0.15, -0.1) is 0 Å². The van der Waals surface area contributed by atoms with E-state index in [1.807, 2.05) is 6.07 Å². The summed E-state index contributed by atoms with van der Waals surface area (Å²) in [5.74, 6) is 5.60. The third-order valence-electron chi connectivity index (χ3n) is 4.27. The molecule has 0 radical (unpaired) electrons. The molecule has 0 aliphatic heterocycles. The molecule has 1 aliphatic rings. The second-order valence-electron chi connectivity index (χ2n) is 5.66. The van der Waals surface area contributed by atoms with Crippen molar-refractivity contribution in [3.05, 3.63) is 35.1 Å². The minimum absolute atomic E-state index is 0.235. The van der Waals surface area contributed by atoms with Gasteiger partial charge in [-0.05, 0) is 37.1 Å². The second kappa shape index (κ2) is 8.17. The van der Waals surface area contributed by atoms with E-state index in [2.05, 4.69) is 23.7 Å². The van der Waals surface area contributed by atoms with Gasteiger partial charge in [0.05, 0.1) is 6.54 Å². The maximum atomic E-state index is 13.4. The molecule has 1 aromatic carbocycles. The van der Waals surface area contributed by atoms with Crippen LogP contribution in [0, 0.1) is 17.7 Å². The predicted molar refractivity (Wildman–Crippen MR) is 85.3 cm³/mol. The molecule has 114 valence electrons. The van der Waals surface area contributed by atoms with Crippen LogP contribution in [0.4, 0.5) is 4.39 Å². The molecule has 1 aliphatic carbocycles. The van der Waals surface area contributed by atoms with E-state index < -0.39 is 0 Å². The number of benzene rings is 1. The summed E-state index contributed by atoms with van der Waals surface area (Å²) < 4.78 is 13.4. The van der Waals surface area contributed by atoms with Gasteiger partial charge in [-0.25, -0.2) is 4.39 Å². The molecule has 0 spiro atoms. The Kier molecular flexibility index (Phi) is 6.22. The largest absolute Gasteiger partial charge is 0.320 e. The van der Waals surface area contributed by atoms with Crippen LogP contribution in [0.5, 0.6) is 0 Å². The molecule has 2 nitrogen and oxygen atoms in total. The number of hydrogen-bond donors (Lipinski definition) is 1. The van der Waals surface area contributed by atoms with Crippen molar-refractivity contribution in [2.75, 3.05) is 13.1 Å². The molecule has 2 N–H and O–H groups in total. The van der Waals surface area contributed by atoms with Gasteiger partial charge in [0.2, 0.25) is 0 Å². The quantitative estimate of drug-likeness (QED) is 0.861. The fraction of sp³-hybridized carbons (Fsp3) is 0.556. The average molecular weight is 288 g/mol. The van der Waals surface area contributed by atoms with Crippen molar-refractivity contribution in [3.63, 3.8) is 0 Å². The fourth-order valence-electron chi connectivity index (χ4n) is 3.11. The molecular formula is C18H25FN2. The molecule has 0 saturated heterocycles. The summed E-state index contributed by atoms with van der Waals surface area (Å²) in [6.07, 6.45) is 6.56. The Labute approximate surface area is 127 Å². The molecule has 0 bridgehead atoms. The minimum Gasteiger partial charge on any atom is -0.320 e. The summed E-state index contributed by atoms with van der Waals surface area (Å²) in [6, 6.07) is 5.57. The van der Waals surface area contributed by atoms with Crippen LogP contribution in [0.3, 0.4) is 0 Å². The van der Waals surface area contributed by atoms with Crippen LogP contribution < -0.4 is 5.73 Å². The maximum Gasteiger partial charge on any atom is 0.124 e. The highest BCUT2D eigenvalue weighted by molar-refractivity contribution is 5.42. The zero-order valence-electron chi connectivity index (χ0n) is 12.9. The Morgan fingerprint density at radius 3 is 2.71 bits per heavy atom. The first-order chi connectivity index (χ1) is 10.2. The van der Waals surface area contributed by atoms with E-state index in [1.165, 1.54) is 44.2 Å². The van der Waals surface area contributed by atoms with Crippen molar-refractivity contribution >= 4 is 0 Å². The predicted octanol–water partition coefficient (Wildman–Crippen LogP) is 3.29. The van der Waals surface area contributed by atoms with Gasteiger partial charge in [0, 0.05) is 18.2 Å². The van der Waals surface area contributed by atoms with E-state index in [0.717, 1.165) is 24.2 Å². The van der Waals surface area contributed by atoms with Crippen LogP contribution in [0.15, 0.2) is 18.2 Å². The van der Waals surface area contributed by atoms with Gasteiger partial charge in [-0.2, -0.15) is 0 Å². The van der Waals surface area contributed by atoms with Crippen LogP contribution in [0.25, 0.3) is 0 Å². The summed E-state index contributed by atoms with van der Waals surface area (Å²) in [4.78, 5) is 2.50. The Morgan fingerprint density at radius 2 is 2.05 bits per heavy atom. The highest BCUT2D eigenvalue weighted by atomic mass is 19.1. The minimum atomic E-state index is -0.235. The van der Waals surface area contributed by atoms with Crippen LogP contribution in [-0.4, -0.2) is 24.0 Å². The number of hydrogen-bond acceptors (Lipinski definition) is 2. The maximum absolute atomic E-state index is 13.4. The fourth-order valence-corrected chi connectivity index (χ4v) is 3.11. The SMILES string of the molecule is CCN(Cc1ccc(F)cc1C#CCN)C1CCCCC1. The molecular weight excluding hydrogens is 263 g/mol. The van der Waals surface area contributed by atoms with Crippen molar-refractivity contribution in [1.82, 2.24) is 4.90 Å². The van der Waals surface area contributed by atoms with Gasteiger partial charge in [0.15, 0.2) is 0 Å². The Hall–Kier alpha value is -1.37. The first-order valence-corrected chi connectivity index (χ1v) is 7.96. The monoisotopic (exact) mass is 288 g/mol. The van der Waals surface area contributed by atoms with Gasteiger partial charge in [0.25, 0.3) is 0 Å². The summed E-state index contributed by atoms with van der Waals surface area (Å²) in [7, 11) is 0. The lowest BCUT2D eigenvalue weighted by atomic mass is 9.93. The van der Waals surface area contributed by atoms with E-state index in [-0.39, 0.29) is 5.82 Å². The standard InChI is InChI=1S/C18H25FN2/c1-2-21(18-8-4-3-5-9-18)14-16-10-11-17(19)13-15(16)7-6-12-20/h10-11,13,18H,2-5,8-9,12,14,20H2,1H3. The molecule has 0 aromatic heterocycles. The van der Waals surface area contributed by atoms with E-state index in [1.54, 1.807) is 0 Å². The zero-order valence-corrected chi connectivity index (χ0v) is 12.9. The third kappa shape index (κ3) is 4.56. The van der Waals surface area contributed by atoms with Crippen molar-refractivity contribution in [2.24, 2.45) is 5.73 Å².